The van der Waals surface area contributed by atoms with Crippen molar-refractivity contribution >= 4 is 29.5 Å². The second-order valence-corrected chi connectivity index (χ2v) is 6.91. The second kappa shape index (κ2) is 10.2. The monoisotopic (exact) mass is 396 g/mol. The number of hydrogen-bond donors (Lipinski definition) is 3. The molecule has 0 spiro atoms. The number of nitrogens with zero attached hydrogens (tertiary/aromatic N) is 1. The van der Waals surface area contributed by atoms with Crippen LogP contribution in [0.1, 0.15) is 27.2 Å². The molecule has 0 fully saturated rings. The molecule has 1 aromatic rings. The largest absolute Gasteiger partial charge is 0.456 e. The Labute approximate surface area is 162 Å². The minimum Gasteiger partial charge on any atom is -0.456 e. The molecule has 0 saturated heterocycles. The zero-order chi connectivity index (χ0) is 21.3. The van der Waals surface area contributed by atoms with Crippen LogP contribution in [-0.2, 0) is 19.1 Å². The van der Waals surface area contributed by atoms with E-state index in [-0.39, 0.29) is 19.5 Å². The molecule has 4 N–H and O–H groups in total. The topological polar surface area (TPSA) is 131 Å². The molecule has 0 bridgehead atoms. The van der Waals surface area contributed by atoms with Crippen LogP contribution in [0.2, 0.25) is 0 Å². The van der Waals surface area contributed by atoms with E-state index in [1.165, 1.54) is 29.2 Å². The second-order valence-electron chi connectivity index (χ2n) is 6.91. The van der Waals surface area contributed by atoms with Gasteiger partial charge in [-0.2, -0.15) is 0 Å². The fraction of sp³-hybridized carbons (Fsp3) is 0.444. The van der Waals surface area contributed by atoms with Crippen LogP contribution in [0.4, 0.5) is 14.9 Å². The van der Waals surface area contributed by atoms with Crippen molar-refractivity contribution in [3.63, 3.8) is 0 Å². The summed E-state index contributed by atoms with van der Waals surface area (Å²) in [5.74, 6) is -2.16. The predicted octanol–water partition coefficient (Wildman–Crippen LogP) is 0.993. The molecule has 0 aliphatic rings. The van der Waals surface area contributed by atoms with Crippen molar-refractivity contribution in [2.45, 2.75) is 32.7 Å². The standard InChI is InChI=1S/C18H25FN4O5/c1-18(2,3)23(10-14(24)22-13-6-4-12(19)5-7-13)15(25)11-28-16(26)8-9-21-17(20)27/h4-7H,8-11H2,1-3H3,(H,22,24)(H3,20,21,27). The van der Waals surface area contributed by atoms with Gasteiger partial charge in [-0.3, -0.25) is 14.4 Å². The van der Waals surface area contributed by atoms with Crippen LogP contribution < -0.4 is 16.4 Å². The molecule has 0 unspecified atom stereocenters. The first-order valence-electron chi connectivity index (χ1n) is 8.54. The van der Waals surface area contributed by atoms with Crippen LogP contribution in [0.15, 0.2) is 24.3 Å². The number of anilines is 1. The van der Waals surface area contributed by atoms with Crippen LogP contribution in [0.25, 0.3) is 0 Å². The van der Waals surface area contributed by atoms with Gasteiger partial charge < -0.3 is 26.0 Å². The Morgan fingerprint density at radius 2 is 1.75 bits per heavy atom. The molecule has 1 aromatic carbocycles. The smallest absolute Gasteiger partial charge is 0.312 e. The Morgan fingerprint density at radius 3 is 2.29 bits per heavy atom. The molecule has 10 heteroatoms. The van der Waals surface area contributed by atoms with Crippen LogP contribution in [0.5, 0.6) is 0 Å². The first kappa shape index (κ1) is 22.9. The lowest BCUT2D eigenvalue weighted by Gasteiger charge is -2.35. The number of urea groups is 1. The van der Waals surface area contributed by atoms with Gasteiger partial charge >= 0.3 is 12.0 Å². The number of rotatable bonds is 8. The van der Waals surface area contributed by atoms with Crippen LogP contribution in [0.3, 0.4) is 0 Å². The lowest BCUT2D eigenvalue weighted by atomic mass is 10.1. The van der Waals surface area contributed by atoms with Gasteiger partial charge in [0.1, 0.15) is 12.4 Å². The van der Waals surface area contributed by atoms with E-state index >= 15 is 0 Å². The SMILES string of the molecule is CC(C)(C)N(CC(=O)Nc1ccc(F)cc1)C(=O)COC(=O)CCNC(N)=O. The maximum absolute atomic E-state index is 12.9. The zero-order valence-electron chi connectivity index (χ0n) is 16.1. The highest BCUT2D eigenvalue weighted by atomic mass is 19.1. The van der Waals surface area contributed by atoms with Gasteiger partial charge in [0.15, 0.2) is 6.61 Å². The number of ether oxygens (including phenoxy) is 1. The third-order valence-electron chi connectivity index (χ3n) is 3.53. The highest BCUT2D eigenvalue weighted by Gasteiger charge is 2.29. The molecular weight excluding hydrogens is 371 g/mol. The van der Waals surface area contributed by atoms with Crippen LogP contribution in [0, 0.1) is 5.82 Å². The first-order chi connectivity index (χ1) is 13.0. The highest BCUT2D eigenvalue weighted by Crippen LogP contribution is 2.15. The summed E-state index contributed by atoms with van der Waals surface area (Å²) in [4.78, 5) is 48.1. The Kier molecular flexibility index (Phi) is 8.36. The number of halogens is 1. The van der Waals surface area contributed by atoms with Gasteiger partial charge in [-0.1, -0.05) is 0 Å². The lowest BCUT2D eigenvalue weighted by Crippen LogP contribution is -2.50. The van der Waals surface area contributed by atoms with E-state index in [1.807, 2.05) is 0 Å². The summed E-state index contributed by atoms with van der Waals surface area (Å²) >= 11 is 0. The van der Waals surface area contributed by atoms with Crippen molar-refractivity contribution in [1.29, 1.82) is 0 Å². The number of carbonyl (C=O) groups is 4. The molecule has 154 valence electrons. The number of primary amides is 1. The van der Waals surface area contributed by atoms with E-state index in [0.29, 0.717) is 5.69 Å². The summed E-state index contributed by atoms with van der Waals surface area (Å²) in [5, 5.41) is 4.80. The first-order valence-corrected chi connectivity index (χ1v) is 8.54. The van der Waals surface area contributed by atoms with Crippen molar-refractivity contribution in [3.05, 3.63) is 30.1 Å². The molecule has 0 aromatic heterocycles. The fourth-order valence-electron chi connectivity index (χ4n) is 2.16. The number of nitrogens with one attached hydrogen (secondary N) is 2. The minimum absolute atomic E-state index is 0.00851. The van der Waals surface area contributed by atoms with Gasteiger partial charge in [0, 0.05) is 17.8 Å². The van der Waals surface area contributed by atoms with Gasteiger partial charge in [-0.25, -0.2) is 9.18 Å². The summed E-state index contributed by atoms with van der Waals surface area (Å²) in [6.45, 7) is 4.36. The normalized spacial score (nSPS) is 10.7. The molecular formula is C18H25FN4O5. The molecule has 1 rings (SSSR count). The van der Waals surface area contributed by atoms with E-state index in [4.69, 9.17) is 10.5 Å². The van der Waals surface area contributed by atoms with Crippen molar-refractivity contribution in [2.24, 2.45) is 5.73 Å². The van der Waals surface area contributed by atoms with E-state index in [0.717, 1.165) is 0 Å². The van der Waals surface area contributed by atoms with Gasteiger partial charge in [-0.05, 0) is 45.0 Å². The summed E-state index contributed by atoms with van der Waals surface area (Å²) in [6.07, 6.45) is -0.142. The third-order valence-corrected chi connectivity index (χ3v) is 3.53. The summed E-state index contributed by atoms with van der Waals surface area (Å²) in [5.41, 5.74) is 4.56. The average molecular weight is 396 g/mol. The van der Waals surface area contributed by atoms with E-state index in [1.54, 1.807) is 20.8 Å². The molecule has 9 nitrogen and oxygen atoms in total. The van der Waals surface area contributed by atoms with Crippen LogP contribution in [-0.4, -0.2) is 54.0 Å². The van der Waals surface area contributed by atoms with Crippen molar-refractivity contribution in [1.82, 2.24) is 10.2 Å². The molecule has 28 heavy (non-hydrogen) atoms. The number of nitrogens with two attached hydrogens (primary N) is 1. The summed E-state index contributed by atoms with van der Waals surface area (Å²) in [7, 11) is 0. The Morgan fingerprint density at radius 1 is 1.14 bits per heavy atom. The fourth-order valence-corrected chi connectivity index (χ4v) is 2.16. The molecule has 0 saturated carbocycles. The molecule has 0 heterocycles. The molecule has 0 aliphatic heterocycles. The van der Waals surface area contributed by atoms with E-state index < -0.39 is 41.8 Å². The van der Waals surface area contributed by atoms with E-state index in [9.17, 15) is 23.6 Å². The van der Waals surface area contributed by atoms with Crippen molar-refractivity contribution in [3.8, 4) is 0 Å². The van der Waals surface area contributed by atoms with E-state index in [2.05, 4.69) is 10.6 Å². The van der Waals surface area contributed by atoms with Gasteiger partial charge in [0.05, 0.1) is 6.42 Å². The van der Waals surface area contributed by atoms with Gasteiger partial charge in [0.2, 0.25) is 5.91 Å². The maximum Gasteiger partial charge on any atom is 0.312 e. The number of carbonyl (C=O) groups excluding carboxylic acids is 4. The van der Waals surface area contributed by atoms with Gasteiger partial charge in [0.25, 0.3) is 5.91 Å². The quantitative estimate of drug-likeness (QED) is 0.564. The van der Waals surface area contributed by atoms with Crippen molar-refractivity contribution in [2.75, 3.05) is 25.0 Å². The number of benzene rings is 1. The summed E-state index contributed by atoms with van der Waals surface area (Å²) in [6, 6.07) is 4.44. The molecule has 0 radical (unpaired) electrons. The Bertz CT molecular complexity index is 716. The number of amides is 4. The number of esters is 1. The summed E-state index contributed by atoms with van der Waals surface area (Å²) < 4.78 is 17.8. The molecule has 4 amide bonds. The molecule has 0 aliphatic carbocycles. The molecule has 0 atom stereocenters. The highest BCUT2D eigenvalue weighted by molar-refractivity contribution is 5.95. The lowest BCUT2D eigenvalue weighted by molar-refractivity contribution is -0.154. The van der Waals surface area contributed by atoms with Gasteiger partial charge in [-0.15, -0.1) is 0 Å². The third kappa shape index (κ3) is 8.47. The zero-order valence-corrected chi connectivity index (χ0v) is 16.1. The maximum atomic E-state index is 12.9. The van der Waals surface area contributed by atoms with Crippen LogP contribution >= 0.6 is 0 Å². The predicted molar refractivity (Wildman–Crippen MR) is 99.7 cm³/mol. The Hall–Kier alpha value is -3.17. The average Bonchev–Trinajstić information content (AvgIpc) is 2.58. The van der Waals surface area contributed by atoms with Crippen molar-refractivity contribution < 1.29 is 28.3 Å². The Balaban J connectivity index is 2.60. The number of hydrogen-bond acceptors (Lipinski definition) is 5. The minimum atomic E-state index is -0.769.